The summed E-state index contributed by atoms with van der Waals surface area (Å²) >= 11 is 9.37. The van der Waals surface area contributed by atoms with Gasteiger partial charge in [-0.25, -0.2) is 0 Å². The zero-order valence-corrected chi connectivity index (χ0v) is 15.6. The van der Waals surface area contributed by atoms with Crippen LogP contribution in [0.3, 0.4) is 0 Å². The predicted molar refractivity (Wildman–Crippen MR) is 101 cm³/mol. The van der Waals surface area contributed by atoms with Gasteiger partial charge in [-0.05, 0) is 49.4 Å². The second-order valence-electron chi connectivity index (χ2n) is 4.78. The average Bonchev–Trinajstić information content (AvgIpc) is 2.55. The summed E-state index contributed by atoms with van der Waals surface area (Å²) in [6, 6.07) is 10.7. The van der Waals surface area contributed by atoms with Gasteiger partial charge in [-0.1, -0.05) is 27.5 Å². The summed E-state index contributed by atoms with van der Waals surface area (Å²) in [6.45, 7) is 2.46. The topological polar surface area (TPSA) is 47.6 Å². The van der Waals surface area contributed by atoms with E-state index in [1.165, 1.54) is 13.2 Å². The molecule has 0 atom stereocenters. The molecule has 0 saturated carbocycles. The number of hydrogen-bond acceptors (Lipinski definition) is 3. The maximum atomic E-state index is 12.2. The smallest absolute Gasteiger partial charge is 0.248 e. The molecule has 1 N–H and O–H groups in total. The van der Waals surface area contributed by atoms with Crippen LogP contribution in [-0.2, 0) is 4.79 Å². The zero-order chi connectivity index (χ0) is 17.5. The number of ether oxygens (including phenoxy) is 2. The molecule has 126 valence electrons. The average molecular weight is 411 g/mol. The number of carbonyl (C=O) groups excluding carboxylic acids is 1. The van der Waals surface area contributed by atoms with Crippen molar-refractivity contribution < 1.29 is 14.3 Å². The van der Waals surface area contributed by atoms with Crippen molar-refractivity contribution in [2.45, 2.75) is 6.92 Å². The Morgan fingerprint density at radius 1 is 1.25 bits per heavy atom. The van der Waals surface area contributed by atoms with E-state index in [4.69, 9.17) is 21.1 Å². The Bertz CT molecular complexity index is 762. The second kappa shape index (κ2) is 8.76. The third kappa shape index (κ3) is 5.01. The number of anilines is 1. The molecule has 0 aliphatic heterocycles. The van der Waals surface area contributed by atoms with Crippen LogP contribution in [0.1, 0.15) is 12.5 Å². The van der Waals surface area contributed by atoms with E-state index in [0.29, 0.717) is 28.8 Å². The number of halogens is 2. The van der Waals surface area contributed by atoms with Gasteiger partial charge in [0.15, 0.2) is 0 Å². The first-order valence-electron chi connectivity index (χ1n) is 7.28. The molecule has 4 nitrogen and oxygen atoms in total. The molecule has 0 aromatic heterocycles. The molecule has 0 heterocycles. The zero-order valence-electron chi connectivity index (χ0n) is 13.3. The first-order chi connectivity index (χ1) is 11.5. The summed E-state index contributed by atoms with van der Waals surface area (Å²) in [6.07, 6.45) is 3.13. The highest BCUT2D eigenvalue weighted by Crippen LogP contribution is 2.28. The first kappa shape index (κ1) is 18.4. The molecule has 0 fully saturated rings. The minimum Gasteiger partial charge on any atom is -0.495 e. The van der Waals surface area contributed by atoms with E-state index < -0.39 is 0 Å². The Morgan fingerprint density at radius 3 is 2.71 bits per heavy atom. The molecule has 24 heavy (non-hydrogen) atoms. The quantitative estimate of drug-likeness (QED) is 0.669. The molecular formula is C18H17BrClNO3. The summed E-state index contributed by atoms with van der Waals surface area (Å²) in [7, 11) is 1.53. The second-order valence-corrected chi connectivity index (χ2v) is 6.13. The number of amides is 1. The van der Waals surface area contributed by atoms with E-state index in [0.717, 1.165) is 10.0 Å². The summed E-state index contributed by atoms with van der Waals surface area (Å²) in [5.41, 5.74) is 1.32. The highest BCUT2D eigenvalue weighted by molar-refractivity contribution is 9.10. The Morgan fingerprint density at radius 2 is 2.00 bits per heavy atom. The Kier molecular flexibility index (Phi) is 6.70. The van der Waals surface area contributed by atoms with Crippen molar-refractivity contribution in [1.29, 1.82) is 0 Å². The Labute approximate surface area is 154 Å². The van der Waals surface area contributed by atoms with Crippen molar-refractivity contribution in [3.8, 4) is 11.5 Å². The minimum absolute atomic E-state index is 0.294. The normalized spacial score (nSPS) is 10.7. The summed E-state index contributed by atoms with van der Waals surface area (Å²) < 4.78 is 11.7. The molecule has 0 aliphatic carbocycles. The Balaban J connectivity index is 2.17. The van der Waals surface area contributed by atoms with Gasteiger partial charge in [-0.3, -0.25) is 4.79 Å². The van der Waals surface area contributed by atoms with Crippen molar-refractivity contribution in [3.63, 3.8) is 0 Å². The fraction of sp³-hybridized carbons (Fsp3) is 0.167. The van der Waals surface area contributed by atoms with Crippen LogP contribution in [0.4, 0.5) is 5.69 Å². The van der Waals surface area contributed by atoms with Crippen LogP contribution in [0.2, 0.25) is 5.02 Å². The largest absolute Gasteiger partial charge is 0.495 e. The van der Waals surface area contributed by atoms with Crippen molar-refractivity contribution >= 4 is 45.2 Å². The lowest BCUT2D eigenvalue weighted by Gasteiger charge is -2.09. The van der Waals surface area contributed by atoms with Gasteiger partial charge in [0.1, 0.15) is 11.5 Å². The highest BCUT2D eigenvalue weighted by atomic mass is 79.9. The van der Waals surface area contributed by atoms with Gasteiger partial charge in [-0.2, -0.15) is 0 Å². The maximum Gasteiger partial charge on any atom is 0.248 e. The summed E-state index contributed by atoms with van der Waals surface area (Å²) in [4.78, 5) is 12.2. The molecule has 0 radical (unpaired) electrons. The first-order valence-corrected chi connectivity index (χ1v) is 8.45. The van der Waals surface area contributed by atoms with Gasteiger partial charge in [0, 0.05) is 21.1 Å². The molecule has 0 unspecified atom stereocenters. The van der Waals surface area contributed by atoms with E-state index in [1.807, 2.05) is 25.1 Å². The molecule has 2 aromatic carbocycles. The summed E-state index contributed by atoms with van der Waals surface area (Å²) in [5, 5.41) is 3.27. The lowest BCUT2D eigenvalue weighted by atomic mass is 10.2. The number of methoxy groups -OCH3 is 1. The van der Waals surface area contributed by atoms with E-state index >= 15 is 0 Å². The molecule has 2 aromatic rings. The molecule has 0 spiro atoms. The fourth-order valence-electron chi connectivity index (χ4n) is 2.05. The van der Waals surface area contributed by atoms with Crippen molar-refractivity contribution in [2.75, 3.05) is 19.0 Å². The fourth-order valence-corrected chi connectivity index (χ4v) is 2.61. The van der Waals surface area contributed by atoms with Gasteiger partial charge in [0.25, 0.3) is 0 Å². The minimum atomic E-state index is -0.294. The Hall–Kier alpha value is -1.98. The van der Waals surface area contributed by atoms with E-state index in [-0.39, 0.29) is 5.91 Å². The maximum absolute atomic E-state index is 12.2. The lowest BCUT2D eigenvalue weighted by molar-refractivity contribution is -0.111. The van der Waals surface area contributed by atoms with E-state index in [1.54, 1.807) is 24.3 Å². The van der Waals surface area contributed by atoms with Crippen LogP contribution in [0.25, 0.3) is 6.08 Å². The van der Waals surface area contributed by atoms with Crippen LogP contribution >= 0.6 is 27.5 Å². The number of rotatable bonds is 6. The third-order valence-electron chi connectivity index (χ3n) is 3.11. The standard InChI is InChI=1S/C18H17BrClNO3/c1-3-24-16-7-5-13(19)10-12(16)4-9-18(22)21-15-11-14(20)6-8-17(15)23-2/h4-11H,3H2,1-2H3,(H,21,22)/b9-4+. The van der Waals surface area contributed by atoms with E-state index in [9.17, 15) is 4.79 Å². The number of carbonyl (C=O) groups is 1. The van der Waals surface area contributed by atoms with Gasteiger partial charge < -0.3 is 14.8 Å². The van der Waals surface area contributed by atoms with Gasteiger partial charge in [0.05, 0.1) is 19.4 Å². The molecule has 1 amide bonds. The number of nitrogens with one attached hydrogen (secondary N) is 1. The molecule has 0 bridgehead atoms. The van der Waals surface area contributed by atoms with Crippen molar-refractivity contribution in [2.24, 2.45) is 0 Å². The SMILES string of the molecule is CCOc1ccc(Br)cc1/C=C/C(=O)Nc1cc(Cl)ccc1OC. The highest BCUT2D eigenvalue weighted by Gasteiger charge is 2.07. The number of benzene rings is 2. The van der Waals surface area contributed by atoms with Gasteiger partial charge >= 0.3 is 0 Å². The molecule has 0 aliphatic rings. The molecule has 0 saturated heterocycles. The van der Waals surface area contributed by atoms with Crippen LogP contribution in [0.5, 0.6) is 11.5 Å². The molecule has 2 rings (SSSR count). The predicted octanol–water partition coefficient (Wildman–Crippen LogP) is 5.16. The van der Waals surface area contributed by atoms with Crippen LogP contribution < -0.4 is 14.8 Å². The van der Waals surface area contributed by atoms with Crippen molar-refractivity contribution in [3.05, 3.63) is 57.5 Å². The van der Waals surface area contributed by atoms with Crippen molar-refractivity contribution in [1.82, 2.24) is 0 Å². The summed E-state index contributed by atoms with van der Waals surface area (Å²) in [5.74, 6) is 0.960. The molecule has 6 heteroatoms. The van der Waals surface area contributed by atoms with Gasteiger partial charge in [-0.15, -0.1) is 0 Å². The number of hydrogen-bond donors (Lipinski definition) is 1. The molecular weight excluding hydrogens is 394 g/mol. The van der Waals surface area contributed by atoms with Crippen LogP contribution in [0, 0.1) is 0 Å². The monoisotopic (exact) mass is 409 g/mol. The van der Waals surface area contributed by atoms with Gasteiger partial charge in [0.2, 0.25) is 5.91 Å². The van der Waals surface area contributed by atoms with E-state index in [2.05, 4.69) is 21.2 Å². The third-order valence-corrected chi connectivity index (χ3v) is 3.83. The van der Waals surface area contributed by atoms with Crippen LogP contribution in [0.15, 0.2) is 46.9 Å². The lowest BCUT2D eigenvalue weighted by Crippen LogP contribution is -2.09. The van der Waals surface area contributed by atoms with Crippen LogP contribution in [-0.4, -0.2) is 19.6 Å².